The van der Waals surface area contributed by atoms with Gasteiger partial charge in [0.25, 0.3) is 0 Å². The molecule has 1 amide bonds. The van der Waals surface area contributed by atoms with E-state index in [1.165, 1.54) is 11.8 Å². The molecule has 1 saturated heterocycles. The summed E-state index contributed by atoms with van der Waals surface area (Å²) in [5, 5.41) is 3.63. The van der Waals surface area contributed by atoms with E-state index in [4.69, 9.17) is 14.5 Å². The van der Waals surface area contributed by atoms with Crippen LogP contribution in [0.2, 0.25) is 0 Å². The first-order valence-electron chi connectivity index (χ1n) is 10.7. The van der Waals surface area contributed by atoms with Crippen molar-refractivity contribution >= 4 is 34.7 Å². The average molecular weight is 455 g/mol. The number of benzene rings is 1. The molecule has 2 aromatic heterocycles. The summed E-state index contributed by atoms with van der Waals surface area (Å²) in [5.74, 6) is -0.200. The number of fused-ring (bicyclic) bond motifs is 1. The quantitative estimate of drug-likeness (QED) is 0.392. The second-order valence-electron chi connectivity index (χ2n) is 7.45. The van der Waals surface area contributed by atoms with Gasteiger partial charge in [0.1, 0.15) is 0 Å². The first-order valence-corrected chi connectivity index (χ1v) is 11.7. The van der Waals surface area contributed by atoms with Crippen LogP contribution < -0.4 is 5.32 Å². The third kappa shape index (κ3) is 5.46. The van der Waals surface area contributed by atoms with E-state index < -0.39 is 0 Å². The number of nitrogens with one attached hydrogen (secondary N) is 1. The first kappa shape index (κ1) is 22.3. The van der Waals surface area contributed by atoms with E-state index in [2.05, 4.69) is 10.3 Å². The molecule has 1 N–H and O–H groups in total. The van der Waals surface area contributed by atoms with Gasteiger partial charge in [0, 0.05) is 19.3 Å². The van der Waals surface area contributed by atoms with Gasteiger partial charge in [-0.05, 0) is 50.1 Å². The van der Waals surface area contributed by atoms with Crippen LogP contribution >= 0.6 is 11.8 Å². The van der Waals surface area contributed by atoms with Crippen molar-refractivity contribution in [3.8, 4) is 0 Å². The molecular weight excluding hydrogens is 428 g/mol. The second-order valence-corrected chi connectivity index (χ2v) is 8.40. The van der Waals surface area contributed by atoms with Crippen molar-refractivity contribution in [3.05, 3.63) is 53.9 Å². The summed E-state index contributed by atoms with van der Waals surface area (Å²) in [6.07, 6.45) is 3.88. The van der Waals surface area contributed by atoms with Crippen LogP contribution in [0.25, 0.3) is 11.0 Å². The standard InChI is InChI=1S/C23H26N4O4S/c1-2-30-22(29)16-8-9-20-19(12-16)26-23(27(20)14-17-6-3-4-10-24-17)32-15-21(28)25-13-18-7-5-11-31-18/h3-4,6,8-10,12,18H,2,5,7,11,13-15H2,1H3,(H,25,28)/t18-/m1/s1. The Morgan fingerprint density at radius 1 is 1.31 bits per heavy atom. The van der Waals surface area contributed by atoms with Gasteiger partial charge in [-0.3, -0.25) is 9.78 Å². The van der Waals surface area contributed by atoms with E-state index in [9.17, 15) is 9.59 Å². The van der Waals surface area contributed by atoms with Crippen LogP contribution in [-0.4, -0.2) is 58.0 Å². The van der Waals surface area contributed by atoms with Gasteiger partial charge >= 0.3 is 5.97 Å². The van der Waals surface area contributed by atoms with Crippen molar-refractivity contribution in [2.45, 2.75) is 37.6 Å². The van der Waals surface area contributed by atoms with Crippen molar-refractivity contribution in [1.29, 1.82) is 0 Å². The minimum Gasteiger partial charge on any atom is -0.462 e. The highest BCUT2D eigenvalue weighted by Crippen LogP contribution is 2.26. The number of nitrogens with zero attached hydrogens (tertiary/aromatic N) is 3. The molecule has 8 nitrogen and oxygen atoms in total. The van der Waals surface area contributed by atoms with Gasteiger partial charge in [-0.2, -0.15) is 0 Å². The molecule has 0 radical (unpaired) electrons. The molecule has 0 unspecified atom stereocenters. The summed E-state index contributed by atoms with van der Waals surface area (Å²) in [6, 6.07) is 11.1. The van der Waals surface area contributed by atoms with Crippen molar-refractivity contribution in [1.82, 2.24) is 19.9 Å². The number of imidazole rings is 1. The number of thioether (sulfide) groups is 1. The van der Waals surface area contributed by atoms with Gasteiger partial charge in [-0.15, -0.1) is 0 Å². The Kier molecular flexibility index (Phi) is 7.39. The van der Waals surface area contributed by atoms with E-state index in [1.807, 2.05) is 28.8 Å². The van der Waals surface area contributed by atoms with Crippen molar-refractivity contribution < 1.29 is 19.1 Å². The molecule has 4 rings (SSSR count). The van der Waals surface area contributed by atoms with Crippen LogP contribution in [0.5, 0.6) is 0 Å². The fraction of sp³-hybridized carbons (Fsp3) is 0.391. The lowest BCUT2D eigenvalue weighted by atomic mass is 10.2. The molecule has 32 heavy (non-hydrogen) atoms. The Balaban J connectivity index is 1.53. The van der Waals surface area contributed by atoms with Crippen molar-refractivity contribution in [3.63, 3.8) is 0 Å². The van der Waals surface area contributed by atoms with Crippen LogP contribution in [0.3, 0.4) is 0 Å². The number of carbonyl (C=O) groups is 2. The molecule has 168 valence electrons. The van der Waals surface area contributed by atoms with Crippen molar-refractivity contribution in [2.24, 2.45) is 0 Å². The Morgan fingerprint density at radius 2 is 2.22 bits per heavy atom. The maximum atomic E-state index is 12.4. The van der Waals surface area contributed by atoms with Gasteiger partial charge in [-0.1, -0.05) is 17.8 Å². The summed E-state index contributed by atoms with van der Waals surface area (Å²) in [6.45, 7) is 3.90. The maximum absolute atomic E-state index is 12.4. The first-order chi connectivity index (χ1) is 15.6. The predicted molar refractivity (Wildman–Crippen MR) is 122 cm³/mol. The summed E-state index contributed by atoms with van der Waals surface area (Å²) in [5.41, 5.74) is 2.87. The minimum atomic E-state index is -0.378. The Bertz CT molecular complexity index is 1080. The molecule has 3 aromatic rings. The number of rotatable bonds is 9. The van der Waals surface area contributed by atoms with Gasteiger partial charge in [0.05, 0.1) is 47.3 Å². The maximum Gasteiger partial charge on any atom is 0.338 e. The highest BCUT2D eigenvalue weighted by Gasteiger charge is 2.18. The van der Waals surface area contributed by atoms with Crippen LogP contribution in [0.1, 0.15) is 35.8 Å². The number of amides is 1. The van der Waals surface area contributed by atoms with Crippen molar-refractivity contribution in [2.75, 3.05) is 25.5 Å². The van der Waals surface area contributed by atoms with E-state index >= 15 is 0 Å². The molecule has 1 aromatic carbocycles. The largest absolute Gasteiger partial charge is 0.462 e. The number of ether oxygens (including phenoxy) is 2. The Hall–Kier alpha value is -2.91. The molecular formula is C23H26N4O4S. The number of aromatic nitrogens is 3. The van der Waals surface area contributed by atoms with E-state index in [0.29, 0.717) is 35.9 Å². The highest BCUT2D eigenvalue weighted by molar-refractivity contribution is 7.99. The number of carbonyl (C=O) groups excluding carboxylic acids is 2. The van der Waals surface area contributed by atoms with Crippen LogP contribution in [0.4, 0.5) is 0 Å². The molecule has 0 bridgehead atoms. The summed E-state index contributed by atoms with van der Waals surface area (Å²) in [7, 11) is 0. The number of hydrogen-bond donors (Lipinski definition) is 1. The molecule has 0 spiro atoms. The van der Waals surface area contributed by atoms with E-state index in [1.54, 1.807) is 25.3 Å². The predicted octanol–water partition coefficient (Wildman–Crippen LogP) is 3.04. The zero-order valence-corrected chi connectivity index (χ0v) is 18.8. The van der Waals surface area contributed by atoms with Gasteiger partial charge in [-0.25, -0.2) is 9.78 Å². The summed E-state index contributed by atoms with van der Waals surface area (Å²) >= 11 is 1.36. The molecule has 0 saturated carbocycles. The lowest BCUT2D eigenvalue weighted by Crippen LogP contribution is -2.32. The Morgan fingerprint density at radius 3 is 2.97 bits per heavy atom. The highest BCUT2D eigenvalue weighted by atomic mass is 32.2. The zero-order chi connectivity index (χ0) is 22.3. The zero-order valence-electron chi connectivity index (χ0n) is 18.0. The lowest BCUT2D eigenvalue weighted by molar-refractivity contribution is -0.119. The van der Waals surface area contributed by atoms with Gasteiger partial charge in [0.2, 0.25) is 5.91 Å². The number of hydrogen-bond acceptors (Lipinski definition) is 7. The molecule has 9 heteroatoms. The topological polar surface area (TPSA) is 95.3 Å². The normalized spacial score (nSPS) is 15.7. The van der Waals surface area contributed by atoms with Gasteiger partial charge in [0.15, 0.2) is 5.16 Å². The van der Waals surface area contributed by atoms with E-state index in [-0.39, 0.29) is 23.7 Å². The molecule has 1 aliphatic heterocycles. The third-order valence-electron chi connectivity index (χ3n) is 5.15. The fourth-order valence-electron chi connectivity index (χ4n) is 3.58. The molecule has 1 atom stereocenters. The summed E-state index contributed by atoms with van der Waals surface area (Å²) < 4.78 is 12.7. The molecule has 3 heterocycles. The molecule has 0 aliphatic carbocycles. The molecule has 1 fully saturated rings. The second kappa shape index (κ2) is 10.6. The Labute approximate surface area is 190 Å². The average Bonchev–Trinajstić information content (AvgIpc) is 3.45. The van der Waals surface area contributed by atoms with E-state index in [0.717, 1.165) is 30.7 Å². The third-order valence-corrected chi connectivity index (χ3v) is 6.13. The fourth-order valence-corrected chi connectivity index (χ4v) is 4.42. The molecule has 1 aliphatic rings. The lowest BCUT2D eigenvalue weighted by Gasteiger charge is -2.11. The van der Waals surface area contributed by atoms with Crippen LogP contribution in [0, 0.1) is 0 Å². The minimum absolute atomic E-state index is 0.0610. The SMILES string of the molecule is CCOC(=O)c1ccc2c(c1)nc(SCC(=O)NC[C@H]1CCCO1)n2Cc1ccccn1. The smallest absolute Gasteiger partial charge is 0.338 e. The van der Waals surface area contributed by atoms with Gasteiger partial charge < -0.3 is 19.4 Å². The van der Waals surface area contributed by atoms with Crippen LogP contribution in [-0.2, 0) is 20.8 Å². The van der Waals surface area contributed by atoms with Crippen LogP contribution in [0.15, 0.2) is 47.8 Å². The number of pyridine rings is 1. The summed E-state index contributed by atoms with van der Waals surface area (Å²) in [4.78, 5) is 33.6. The monoisotopic (exact) mass is 454 g/mol. The number of esters is 1.